The zero-order valence-corrected chi connectivity index (χ0v) is 11.3. The lowest BCUT2D eigenvalue weighted by atomic mass is 10.0. The van der Waals surface area contributed by atoms with Crippen LogP contribution in [0.5, 0.6) is 0 Å². The average Bonchev–Trinajstić information content (AvgIpc) is 2.17. The second kappa shape index (κ2) is 5.70. The van der Waals surface area contributed by atoms with Gasteiger partial charge in [-0.1, -0.05) is 22.0 Å². The third-order valence-corrected chi connectivity index (χ3v) is 3.66. The lowest BCUT2D eigenvalue weighted by Gasteiger charge is -2.18. The van der Waals surface area contributed by atoms with Gasteiger partial charge in [0.05, 0.1) is 0 Å². The van der Waals surface area contributed by atoms with Gasteiger partial charge in [-0.3, -0.25) is 4.79 Å². The predicted octanol–water partition coefficient (Wildman–Crippen LogP) is 2.73. The van der Waals surface area contributed by atoms with Gasteiger partial charge in [0.2, 0.25) is 0 Å². The monoisotopic (exact) mass is 303 g/mol. The number of rotatable bonds is 5. The topological polar surface area (TPSA) is 63.3 Å². The van der Waals surface area contributed by atoms with Crippen molar-refractivity contribution >= 4 is 33.7 Å². The molecule has 1 aromatic rings. The zero-order valence-electron chi connectivity index (χ0n) is 8.94. The molecule has 1 unspecified atom stereocenters. The average molecular weight is 304 g/mol. The number of hydrogen-bond acceptors (Lipinski definition) is 3. The summed E-state index contributed by atoms with van der Waals surface area (Å²) in [7, 11) is 0. The Hall–Kier alpha value is -0.520. The van der Waals surface area contributed by atoms with Crippen LogP contribution in [0.15, 0.2) is 33.6 Å². The summed E-state index contributed by atoms with van der Waals surface area (Å²) >= 11 is 4.99. The van der Waals surface area contributed by atoms with Gasteiger partial charge in [-0.25, -0.2) is 0 Å². The number of carboxylic acids is 1. The molecule has 0 bridgehead atoms. The molecule has 0 fully saturated rings. The summed E-state index contributed by atoms with van der Waals surface area (Å²) in [6, 6.07) is 7.89. The quantitative estimate of drug-likeness (QED) is 0.821. The van der Waals surface area contributed by atoms with E-state index in [0.717, 1.165) is 9.37 Å². The number of benzene rings is 1. The highest BCUT2D eigenvalue weighted by molar-refractivity contribution is 9.10. The van der Waals surface area contributed by atoms with E-state index in [2.05, 4.69) is 15.9 Å². The van der Waals surface area contributed by atoms with E-state index in [-0.39, 0.29) is 0 Å². The molecule has 0 amide bonds. The number of hydrogen-bond donors (Lipinski definition) is 2. The summed E-state index contributed by atoms with van der Waals surface area (Å²) in [6.45, 7) is 1.54. The summed E-state index contributed by atoms with van der Waals surface area (Å²) < 4.78 is 1.02. The molecule has 0 aliphatic rings. The normalized spacial score (nSPS) is 14.4. The van der Waals surface area contributed by atoms with Crippen LogP contribution in [0.1, 0.15) is 13.3 Å². The van der Waals surface area contributed by atoms with Crippen LogP contribution in [-0.4, -0.2) is 22.4 Å². The van der Waals surface area contributed by atoms with Crippen molar-refractivity contribution in [2.24, 2.45) is 5.73 Å². The number of nitrogens with two attached hydrogens (primary N) is 1. The van der Waals surface area contributed by atoms with Gasteiger partial charge in [0.25, 0.3) is 0 Å². The van der Waals surface area contributed by atoms with Crippen molar-refractivity contribution in [1.29, 1.82) is 0 Å². The van der Waals surface area contributed by atoms with E-state index in [4.69, 9.17) is 10.8 Å². The molecular weight excluding hydrogens is 290 g/mol. The molecule has 1 rings (SSSR count). The smallest absolute Gasteiger partial charge is 0.323 e. The van der Waals surface area contributed by atoms with E-state index < -0.39 is 11.5 Å². The second-order valence-electron chi connectivity index (χ2n) is 3.78. The number of carbonyl (C=O) groups is 1. The lowest BCUT2D eigenvalue weighted by molar-refractivity contribution is -0.142. The molecule has 0 saturated heterocycles. The molecule has 0 heterocycles. The summed E-state index contributed by atoms with van der Waals surface area (Å²) in [6.07, 6.45) is 0.444. The molecule has 3 nitrogen and oxygen atoms in total. The largest absolute Gasteiger partial charge is 0.480 e. The SMILES string of the molecule is CC(N)(CCSc1cccc(Br)c1)C(=O)O. The van der Waals surface area contributed by atoms with Crippen LogP contribution in [-0.2, 0) is 4.79 Å². The van der Waals surface area contributed by atoms with Gasteiger partial charge >= 0.3 is 5.97 Å². The minimum absolute atomic E-state index is 0.444. The summed E-state index contributed by atoms with van der Waals surface area (Å²) in [5.74, 6) is -0.266. The maximum atomic E-state index is 10.8. The Labute approximate surface area is 108 Å². The van der Waals surface area contributed by atoms with Gasteiger partial charge in [-0.15, -0.1) is 11.8 Å². The molecule has 5 heteroatoms. The Kier molecular flexibility index (Phi) is 4.83. The van der Waals surface area contributed by atoms with Crippen molar-refractivity contribution in [1.82, 2.24) is 0 Å². The fourth-order valence-corrected chi connectivity index (χ4v) is 2.74. The first-order valence-corrected chi connectivity index (χ1v) is 6.60. The molecule has 3 N–H and O–H groups in total. The van der Waals surface area contributed by atoms with Crippen molar-refractivity contribution in [3.05, 3.63) is 28.7 Å². The van der Waals surface area contributed by atoms with Crippen molar-refractivity contribution in [3.8, 4) is 0 Å². The first-order chi connectivity index (χ1) is 7.42. The van der Waals surface area contributed by atoms with Gasteiger partial charge < -0.3 is 10.8 Å². The summed E-state index contributed by atoms with van der Waals surface area (Å²) in [5.41, 5.74) is 4.49. The fraction of sp³-hybridized carbons (Fsp3) is 0.364. The molecule has 16 heavy (non-hydrogen) atoms. The van der Waals surface area contributed by atoms with Crippen LogP contribution in [0.2, 0.25) is 0 Å². The molecule has 0 saturated carbocycles. The van der Waals surface area contributed by atoms with Crippen LogP contribution in [0.3, 0.4) is 0 Å². The Morgan fingerprint density at radius 3 is 2.88 bits per heavy atom. The minimum atomic E-state index is -1.14. The Morgan fingerprint density at radius 2 is 2.31 bits per heavy atom. The van der Waals surface area contributed by atoms with Crippen LogP contribution in [0.25, 0.3) is 0 Å². The molecule has 0 spiro atoms. The van der Waals surface area contributed by atoms with E-state index in [0.29, 0.717) is 12.2 Å². The van der Waals surface area contributed by atoms with E-state index in [1.807, 2.05) is 24.3 Å². The number of carboxylic acid groups (broad SMARTS) is 1. The summed E-state index contributed by atoms with van der Waals surface area (Å²) in [5, 5.41) is 8.84. The molecule has 88 valence electrons. The lowest BCUT2D eigenvalue weighted by Crippen LogP contribution is -2.45. The van der Waals surface area contributed by atoms with Crippen LogP contribution in [0, 0.1) is 0 Å². The second-order valence-corrected chi connectivity index (χ2v) is 5.86. The molecule has 1 atom stereocenters. The maximum absolute atomic E-state index is 10.8. The van der Waals surface area contributed by atoms with Gasteiger partial charge in [0.1, 0.15) is 5.54 Å². The molecule has 1 aromatic carbocycles. The van der Waals surface area contributed by atoms with Gasteiger partial charge in [0.15, 0.2) is 0 Å². The van der Waals surface area contributed by atoms with Crippen molar-refractivity contribution in [3.63, 3.8) is 0 Å². The van der Waals surface area contributed by atoms with E-state index >= 15 is 0 Å². The van der Waals surface area contributed by atoms with E-state index in [1.54, 1.807) is 11.8 Å². The molecule has 0 aliphatic heterocycles. The minimum Gasteiger partial charge on any atom is -0.480 e. The highest BCUT2D eigenvalue weighted by atomic mass is 79.9. The van der Waals surface area contributed by atoms with Gasteiger partial charge in [-0.2, -0.15) is 0 Å². The van der Waals surface area contributed by atoms with Crippen molar-refractivity contribution in [2.75, 3.05) is 5.75 Å². The Morgan fingerprint density at radius 1 is 1.62 bits per heavy atom. The highest BCUT2D eigenvalue weighted by Crippen LogP contribution is 2.24. The van der Waals surface area contributed by atoms with E-state index in [1.165, 1.54) is 6.92 Å². The first kappa shape index (κ1) is 13.5. The Balaban J connectivity index is 2.45. The highest BCUT2D eigenvalue weighted by Gasteiger charge is 2.26. The van der Waals surface area contributed by atoms with Crippen LogP contribution >= 0.6 is 27.7 Å². The molecule has 0 aliphatic carbocycles. The van der Waals surface area contributed by atoms with Crippen LogP contribution in [0.4, 0.5) is 0 Å². The molecular formula is C11H14BrNO2S. The predicted molar refractivity (Wildman–Crippen MR) is 69.7 cm³/mol. The fourth-order valence-electron chi connectivity index (χ4n) is 1.04. The number of thioether (sulfide) groups is 1. The number of halogens is 1. The van der Waals surface area contributed by atoms with Crippen LogP contribution < -0.4 is 5.73 Å². The summed E-state index contributed by atoms with van der Waals surface area (Å²) in [4.78, 5) is 11.9. The van der Waals surface area contributed by atoms with Gasteiger partial charge in [-0.05, 0) is 31.5 Å². The molecule has 0 radical (unpaired) electrons. The standard InChI is InChI=1S/C11H14BrNO2S/c1-11(13,10(14)15)5-6-16-9-4-2-3-8(12)7-9/h2-4,7H,5-6,13H2,1H3,(H,14,15). The number of aliphatic carboxylic acids is 1. The van der Waals surface area contributed by atoms with E-state index in [9.17, 15) is 4.79 Å². The molecule has 0 aromatic heterocycles. The maximum Gasteiger partial charge on any atom is 0.323 e. The third kappa shape index (κ3) is 4.15. The zero-order chi connectivity index (χ0) is 12.2. The Bertz CT molecular complexity index is 382. The first-order valence-electron chi connectivity index (χ1n) is 4.82. The van der Waals surface area contributed by atoms with Crippen molar-refractivity contribution in [2.45, 2.75) is 23.8 Å². The third-order valence-electron chi connectivity index (χ3n) is 2.17. The van der Waals surface area contributed by atoms with Crippen molar-refractivity contribution < 1.29 is 9.90 Å². The van der Waals surface area contributed by atoms with Gasteiger partial charge in [0, 0.05) is 15.1 Å².